The minimum atomic E-state index is -0.470. The number of H-pyrrole nitrogens is 1. The number of para-hydroxylation sites is 1. The van der Waals surface area contributed by atoms with Crippen LogP contribution in [0.2, 0.25) is 0 Å². The Hall–Kier alpha value is -3.20. The van der Waals surface area contributed by atoms with Crippen LogP contribution in [-0.4, -0.2) is 36.5 Å². The lowest BCUT2D eigenvalue weighted by atomic mass is 10.2. The maximum Gasteiger partial charge on any atom is 0.298 e. The van der Waals surface area contributed by atoms with Gasteiger partial charge in [0.05, 0.1) is 11.2 Å². The van der Waals surface area contributed by atoms with E-state index < -0.39 is 5.91 Å². The Morgan fingerprint density at radius 1 is 1.13 bits per heavy atom. The highest BCUT2D eigenvalue weighted by atomic mass is 32.1. The van der Waals surface area contributed by atoms with Gasteiger partial charge in [0.25, 0.3) is 11.7 Å². The molecule has 9 heteroatoms. The number of carbonyl (C=O) groups excluding carboxylic acids is 1. The molecule has 112 valence electrons. The quantitative estimate of drug-likeness (QED) is 0.597. The average Bonchev–Trinajstić information content (AvgIpc) is 3.26. The minimum absolute atomic E-state index is 0.0385. The van der Waals surface area contributed by atoms with Gasteiger partial charge in [-0.15, -0.1) is 21.5 Å². The standard InChI is InChI=1S/C14H9N7OS/c22-13(12-18-20-21-19-12)16-11-7-23-14(17-11)10-6-5-8-3-1-2-4-9(8)15-10/h1-7H,(H,16,22)(H,18,19,20,21). The molecular formula is C14H9N7OS. The van der Waals surface area contributed by atoms with Gasteiger partial charge < -0.3 is 5.32 Å². The van der Waals surface area contributed by atoms with E-state index in [-0.39, 0.29) is 5.82 Å². The fraction of sp³-hybridized carbons (Fsp3) is 0. The predicted molar refractivity (Wildman–Crippen MR) is 85.0 cm³/mol. The number of fused-ring (bicyclic) bond motifs is 1. The third kappa shape index (κ3) is 2.64. The number of rotatable bonds is 3. The van der Waals surface area contributed by atoms with Crippen molar-refractivity contribution in [3.63, 3.8) is 0 Å². The van der Waals surface area contributed by atoms with Crippen LogP contribution in [-0.2, 0) is 0 Å². The Morgan fingerprint density at radius 2 is 2.04 bits per heavy atom. The number of aromatic amines is 1. The summed E-state index contributed by atoms with van der Waals surface area (Å²) in [6.45, 7) is 0. The number of nitrogens with zero attached hydrogens (tertiary/aromatic N) is 5. The van der Waals surface area contributed by atoms with Crippen LogP contribution in [0, 0.1) is 0 Å². The van der Waals surface area contributed by atoms with Gasteiger partial charge in [-0.3, -0.25) is 4.79 Å². The van der Waals surface area contributed by atoms with Crippen molar-refractivity contribution in [3.8, 4) is 10.7 Å². The lowest BCUT2D eigenvalue weighted by Gasteiger charge is -2.00. The van der Waals surface area contributed by atoms with Gasteiger partial charge >= 0.3 is 0 Å². The predicted octanol–water partition coefficient (Wildman–Crippen LogP) is 2.12. The first-order valence-electron chi connectivity index (χ1n) is 6.66. The summed E-state index contributed by atoms with van der Waals surface area (Å²) in [5, 5.41) is 18.9. The molecule has 3 heterocycles. The molecular weight excluding hydrogens is 314 g/mol. The maximum atomic E-state index is 11.8. The van der Waals surface area contributed by atoms with Crippen molar-refractivity contribution in [1.29, 1.82) is 0 Å². The van der Waals surface area contributed by atoms with Crippen LogP contribution in [0.4, 0.5) is 5.82 Å². The molecule has 0 saturated heterocycles. The van der Waals surface area contributed by atoms with E-state index >= 15 is 0 Å². The van der Waals surface area contributed by atoms with E-state index in [4.69, 9.17) is 0 Å². The van der Waals surface area contributed by atoms with Gasteiger partial charge in [0, 0.05) is 10.8 Å². The lowest BCUT2D eigenvalue weighted by Crippen LogP contribution is -2.14. The molecule has 0 radical (unpaired) electrons. The molecule has 0 aliphatic carbocycles. The van der Waals surface area contributed by atoms with Crippen LogP contribution in [0.25, 0.3) is 21.6 Å². The first-order valence-corrected chi connectivity index (χ1v) is 7.54. The molecule has 0 aliphatic rings. The molecule has 0 atom stereocenters. The van der Waals surface area contributed by atoms with Crippen molar-refractivity contribution in [3.05, 3.63) is 47.6 Å². The number of pyridine rings is 1. The number of aromatic nitrogens is 6. The fourth-order valence-electron chi connectivity index (χ4n) is 2.06. The topological polar surface area (TPSA) is 109 Å². The summed E-state index contributed by atoms with van der Waals surface area (Å²) in [6, 6.07) is 11.8. The zero-order valence-electron chi connectivity index (χ0n) is 11.6. The maximum absolute atomic E-state index is 11.8. The molecule has 1 aromatic carbocycles. The molecule has 0 saturated carbocycles. The number of carbonyl (C=O) groups is 1. The number of hydrogen-bond acceptors (Lipinski definition) is 7. The highest BCUT2D eigenvalue weighted by molar-refractivity contribution is 7.13. The Balaban J connectivity index is 1.60. The second-order valence-corrected chi connectivity index (χ2v) is 5.47. The summed E-state index contributed by atoms with van der Waals surface area (Å²) < 4.78 is 0. The summed E-state index contributed by atoms with van der Waals surface area (Å²) in [6.07, 6.45) is 0. The monoisotopic (exact) mass is 323 g/mol. The van der Waals surface area contributed by atoms with Gasteiger partial charge in [0.1, 0.15) is 10.8 Å². The van der Waals surface area contributed by atoms with E-state index in [1.54, 1.807) is 5.38 Å². The van der Waals surface area contributed by atoms with Gasteiger partial charge in [-0.25, -0.2) is 9.97 Å². The van der Waals surface area contributed by atoms with Gasteiger partial charge in [-0.2, -0.15) is 5.21 Å². The minimum Gasteiger partial charge on any atom is -0.303 e. The molecule has 0 unspecified atom stereocenters. The number of benzene rings is 1. The Morgan fingerprint density at radius 3 is 2.91 bits per heavy atom. The zero-order chi connectivity index (χ0) is 15.6. The van der Waals surface area contributed by atoms with Crippen molar-refractivity contribution in [2.75, 3.05) is 5.32 Å². The molecule has 8 nitrogen and oxygen atoms in total. The SMILES string of the molecule is O=C(Nc1csc(-c2ccc3ccccc3n2)n1)c1nn[nH]n1. The van der Waals surface area contributed by atoms with E-state index in [0.717, 1.165) is 21.6 Å². The van der Waals surface area contributed by atoms with Gasteiger partial charge in [0.15, 0.2) is 0 Å². The lowest BCUT2D eigenvalue weighted by molar-refractivity contribution is 0.101. The van der Waals surface area contributed by atoms with Gasteiger partial charge in [-0.1, -0.05) is 24.3 Å². The van der Waals surface area contributed by atoms with E-state index in [1.165, 1.54) is 11.3 Å². The first-order chi connectivity index (χ1) is 11.3. The van der Waals surface area contributed by atoms with Crippen LogP contribution < -0.4 is 5.32 Å². The number of amides is 1. The number of hydrogen-bond donors (Lipinski definition) is 2. The molecule has 23 heavy (non-hydrogen) atoms. The number of anilines is 1. The van der Waals surface area contributed by atoms with E-state index in [9.17, 15) is 4.79 Å². The third-order valence-electron chi connectivity index (χ3n) is 3.11. The average molecular weight is 323 g/mol. The number of tetrazole rings is 1. The molecule has 1 amide bonds. The molecule has 0 bridgehead atoms. The van der Waals surface area contributed by atoms with Crippen LogP contribution in [0.5, 0.6) is 0 Å². The molecule has 4 rings (SSSR count). The Labute approximate surface area is 133 Å². The van der Waals surface area contributed by atoms with Crippen LogP contribution >= 0.6 is 11.3 Å². The van der Waals surface area contributed by atoms with Crippen molar-refractivity contribution < 1.29 is 4.79 Å². The Kier molecular flexibility index (Phi) is 3.24. The van der Waals surface area contributed by atoms with Crippen LogP contribution in [0.3, 0.4) is 0 Å². The van der Waals surface area contributed by atoms with Crippen molar-refractivity contribution >= 4 is 34.0 Å². The molecule has 0 aliphatic heterocycles. The largest absolute Gasteiger partial charge is 0.303 e. The summed E-state index contributed by atoms with van der Waals surface area (Å²) in [4.78, 5) is 20.8. The van der Waals surface area contributed by atoms with E-state index in [2.05, 4.69) is 35.9 Å². The summed E-state index contributed by atoms with van der Waals surface area (Å²) in [5.41, 5.74) is 1.66. The van der Waals surface area contributed by atoms with Crippen LogP contribution in [0.1, 0.15) is 10.6 Å². The molecule has 4 aromatic rings. The molecule has 0 fully saturated rings. The number of nitrogens with one attached hydrogen (secondary N) is 2. The third-order valence-corrected chi connectivity index (χ3v) is 3.98. The van der Waals surface area contributed by atoms with E-state index in [1.807, 2.05) is 36.4 Å². The summed E-state index contributed by atoms with van der Waals surface area (Å²) in [5.74, 6) is -0.0831. The zero-order valence-corrected chi connectivity index (χ0v) is 12.4. The highest BCUT2D eigenvalue weighted by Gasteiger charge is 2.13. The van der Waals surface area contributed by atoms with Crippen LogP contribution in [0.15, 0.2) is 41.8 Å². The van der Waals surface area contributed by atoms with Gasteiger partial charge in [0.2, 0.25) is 0 Å². The van der Waals surface area contributed by atoms with Crippen molar-refractivity contribution in [1.82, 2.24) is 30.6 Å². The molecule has 2 N–H and O–H groups in total. The first kappa shape index (κ1) is 13.5. The van der Waals surface area contributed by atoms with Crippen molar-refractivity contribution in [2.45, 2.75) is 0 Å². The second kappa shape index (κ2) is 5.54. The van der Waals surface area contributed by atoms with Crippen molar-refractivity contribution in [2.24, 2.45) is 0 Å². The Bertz CT molecular complexity index is 980. The molecule has 3 aromatic heterocycles. The second-order valence-electron chi connectivity index (χ2n) is 4.62. The summed E-state index contributed by atoms with van der Waals surface area (Å²) in [7, 11) is 0. The normalized spacial score (nSPS) is 10.8. The van der Waals surface area contributed by atoms with Gasteiger partial charge in [-0.05, 0) is 17.3 Å². The summed E-state index contributed by atoms with van der Waals surface area (Å²) >= 11 is 1.40. The smallest absolute Gasteiger partial charge is 0.298 e. The fourth-order valence-corrected chi connectivity index (χ4v) is 2.78. The highest BCUT2D eigenvalue weighted by Crippen LogP contribution is 2.26. The number of thiazole rings is 1. The molecule has 0 spiro atoms. The van der Waals surface area contributed by atoms with E-state index in [0.29, 0.717) is 5.82 Å².